The van der Waals surface area contributed by atoms with E-state index in [0.29, 0.717) is 17.5 Å². The molecule has 1 aromatic carbocycles. The molecular weight excluding hydrogens is 300 g/mol. The maximum absolute atomic E-state index is 12.3. The first-order valence-corrected chi connectivity index (χ1v) is 8.84. The molecule has 1 saturated carbocycles. The first kappa shape index (κ1) is 15.2. The minimum Gasteiger partial charge on any atom is -0.326 e. The van der Waals surface area contributed by atoms with Crippen molar-refractivity contribution in [3.63, 3.8) is 0 Å². The molecule has 6 heteroatoms. The second-order valence-electron chi connectivity index (χ2n) is 6.19. The number of sulfonamides is 1. The summed E-state index contributed by atoms with van der Waals surface area (Å²) in [7, 11) is -0.446. The largest absolute Gasteiger partial charge is 0.326 e. The summed E-state index contributed by atoms with van der Waals surface area (Å²) in [5.41, 5.74) is 0.634. The normalized spacial score (nSPS) is 26.6. The number of allylic oxidation sites excluding steroid dienone is 2. The molecule has 1 fully saturated rings. The van der Waals surface area contributed by atoms with Crippen LogP contribution in [0.3, 0.4) is 0 Å². The van der Waals surface area contributed by atoms with E-state index >= 15 is 0 Å². The van der Waals surface area contributed by atoms with Crippen LogP contribution in [0, 0.1) is 17.8 Å². The van der Waals surface area contributed by atoms with Crippen LogP contribution < -0.4 is 5.32 Å². The minimum absolute atomic E-state index is 0.0278. The summed E-state index contributed by atoms with van der Waals surface area (Å²) < 4.78 is 25.2. The highest BCUT2D eigenvalue weighted by Gasteiger charge is 2.39. The molecule has 2 aliphatic rings. The SMILES string of the molecule is CN(C)S(=O)(=O)c1ccc(NC(=O)[C@@H]2C[C@@H]3C=C[C@@H]2C3)cc1. The van der Waals surface area contributed by atoms with Gasteiger partial charge in [0, 0.05) is 25.7 Å². The summed E-state index contributed by atoms with van der Waals surface area (Å²) in [4.78, 5) is 12.5. The van der Waals surface area contributed by atoms with Crippen molar-refractivity contribution >= 4 is 21.6 Å². The van der Waals surface area contributed by atoms with Gasteiger partial charge in [-0.25, -0.2) is 12.7 Å². The van der Waals surface area contributed by atoms with E-state index in [9.17, 15) is 13.2 Å². The van der Waals surface area contributed by atoms with E-state index in [0.717, 1.165) is 12.8 Å². The van der Waals surface area contributed by atoms with Crippen molar-refractivity contribution < 1.29 is 13.2 Å². The predicted molar refractivity (Wildman–Crippen MR) is 84.8 cm³/mol. The molecule has 0 unspecified atom stereocenters. The Bertz CT molecular complexity index is 707. The van der Waals surface area contributed by atoms with Crippen molar-refractivity contribution in [2.75, 3.05) is 19.4 Å². The Morgan fingerprint density at radius 3 is 2.32 bits per heavy atom. The standard InChI is InChI=1S/C16H20N2O3S/c1-18(2)22(20,21)14-7-5-13(6-8-14)17-16(19)15-10-11-3-4-12(15)9-11/h3-8,11-12,15H,9-10H2,1-2H3,(H,17,19)/t11-,12-,15-/m1/s1. The van der Waals surface area contributed by atoms with E-state index in [1.165, 1.54) is 30.5 Å². The van der Waals surface area contributed by atoms with Crippen LogP contribution in [0.5, 0.6) is 0 Å². The highest BCUT2D eigenvalue weighted by atomic mass is 32.2. The summed E-state index contributed by atoms with van der Waals surface area (Å²) in [5, 5.41) is 2.90. The second kappa shape index (κ2) is 5.52. The molecular formula is C16H20N2O3S. The fourth-order valence-electron chi connectivity index (χ4n) is 3.24. The zero-order valence-electron chi connectivity index (χ0n) is 12.7. The van der Waals surface area contributed by atoms with Crippen LogP contribution in [0.15, 0.2) is 41.3 Å². The Hall–Kier alpha value is -1.66. The molecule has 3 atom stereocenters. The van der Waals surface area contributed by atoms with Gasteiger partial charge in [-0.15, -0.1) is 0 Å². The van der Waals surface area contributed by atoms with Gasteiger partial charge in [-0.3, -0.25) is 4.79 Å². The third-order valence-electron chi connectivity index (χ3n) is 4.52. The fraction of sp³-hybridized carbons (Fsp3) is 0.438. The summed E-state index contributed by atoms with van der Waals surface area (Å²) in [6.45, 7) is 0. The van der Waals surface area contributed by atoms with E-state index in [2.05, 4.69) is 17.5 Å². The maximum atomic E-state index is 12.3. The van der Waals surface area contributed by atoms with Crippen molar-refractivity contribution in [3.8, 4) is 0 Å². The lowest BCUT2D eigenvalue weighted by Gasteiger charge is -2.18. The Kier molecular flexibility index (Phi) is 3.82. The number of fused-ring (bicyclic) bond motifs is 2. The van der Waals surface area contributed by atoms with E-state index in [1.54, 1.807) is 12.1 Å². The summed E-state index contributed by atoms with van der Waals surface area (Å²) in [6, 6.07) is 6.31. The van der Waals surface area contributed by atoms with Crippen LogP contribution >= 0.6 is 0 Å². The molecule has 1 amide bonds. The minimum atomic E-state index is -3.43. The molecule has 2 bridgehead atoms. The van der Waals surface area contributed by atoms with Gasteiger partial charge in [0.2, 0.25) is 15.9 Å². The van der Waals surface area contributed by atoms with Crippen LogP contribution in [0.2, 0.25) is 0 Å². The van der Waals surface area contributed by atoms with Gasteiger partial charge in [0.25, 0.3) is 0 Å². The number of nitrogens with one attached hydrogen (secondary N) is 1. The van der Waals surface area contributed by atoms with Gasteiger partial charge < -0.3 is 5.32 Å². The summed E-state index contributed by atoms with van der Waals surface area (Å²) >= 11 is 0. The van der Waals surface area contributed by atoms with Gasteiger partial charge in [0.05, 0.1) is 4.90 Å². The van der Waals surface area contributed by atoms with Crippen molar-refractivity contribution in [1.82, 2.24) is 4.31 Å². The van der Waals surface area contributed by atoms with Gasteiger partial charge in [-0.2, -0.15) is 0 Å². The van der Waals surface area contributed by atoms with Crippen LogP contribution in [-0.4, -0.2) is 32.7 Å². The first-order valence-electron chi connectivity index (χ1n) is 7.39. The molecule has 5 nitrogen and oxygen atoms in total. The topological polar surface area (TPSA) is 66.5 Å². The number of benzene rings is 1. The Morgan fingerprint density at radius 2 is 1.82 bits per heavy atom. The molecule has 22 heavy (non-hydrogen) atoms. The predicted octanol–water partition coefficient (Wildman–Crippen LogP) is 2.09. The molecule has 3 rings (SSSR count). The van der Waals surface area contributed by atoms with Gasteiger partial charge in [-0.05, 0) is 48.9 Å². The summed E-state index contributed by atoms with van der Waals surface area (Å²) in [6.07, 6.45) is 6.35. The Labute approximate surface area is 131 Å². The van der Waals surface area contributed by atoms with Crippen molar-refractivity contribution in [1.29, 1.82) is 0 Å². The van der Waals surface area contributed by atoms with Crippen LogP contribution in [0.1, 0.15) is 12.8 Å². The number of anilines is 1. The number of hydrogen-bond acceptors (Lipinski definition) is 3. The molecule has 1 aromatic rings. The summed E-state index contributed by atoms with van der Waals surface area (Å²) in [5.74, 6) is 0.979. The molecule has 0 saturated heterocycles. The van der Waals surface area contributed by atoms with E-state index in [4.69, 9.17) is 0 Å². The van der Waals surface area contributed by atoms with Crippen LogP contribution in [-0.2, 0) is 14.8 Å². The molecule has 0 aliphatic heterocycles. The lowest BCUT2D eigenvalue weighted by molar-refractivity contribution is -0.120. The molecule has 0 heterocycles. The average molecular weight is 320 g/mol. The lowest BCUT2D eigenvalue weighted by Crippen LogP contribution is -2.26. The number of carbonyl (C=O) groups excluding carboxylic acids is 1. The number of amides is 1. The van der Waals surface area contributed by atoms with Crippen molar-refractivity contribution in [2.45, 2.75) is 17.7 Å². The zero-order chi connectivity index (χ0) is 15.9. The maximum Gasteiger partial charge on any atom is 0.242 e. The fourth-order valence-corrected chi connectivity index (χ4v) is 4.14. The van der Waals surface area contributed by atoms with Gasteiger partial charge in [0.1, 0.15) is 0 Å². The quantitative estimate of drug-likeness (QED) is 0.864. The lowest BCUT2D eigenvalue weighted by atomic mass is 9.93. The van der Waals surface area contributed by atoms with Crippen LogP contribution in [0.4, 0.5) is 5.69 Å². The third kappa shape index (κ3) is 2.68. The van der Waals surface area contributed by atoms with Gasteiger partial charge in [-0.1, -0.05) is 12.2 Å². The third-order valence-corrected chi connectivity index (χ3v) is 6.35. The van der Waals surface area contributed by atoms with E-state index in [-0.39, 0.29) is 16.7 Å². The highest BCUT2D eigenvalue weighted by molar-refractivity contribution is 7.89. The molecule has 2 aliphatic carbocycles. The molecule has 1 N–H and O–H groups in total. The molecule has 0 spiro atoms. The monoisotopic (exact) mass is 320 g/mol. The number of hydrogen-bond donors (Lipinski definition) is 1. The highest BCUT2D eigenvalue weighted by Crippen LogP contribution is 2.43. The van der Waals surface area contributed by atoms with E-state index < -0.39 is 10.0 Å². The Balaban J connectivity index is 1.69. The van der Waals surface area contributed by atoms with Gasteiger partial charge in [0.15, 0.2) is 0 Å². The first-order chi connectivity index (χ1) is 10.4. The number of carbonyl (C=O) groups is 1. The number of nitrogens with zero attached hydrogens (tertiary/aromatic N) is 1. The van der Waals surface area contributed by atoms with Crippen molar-refractivity contribution in [2.24, 2.45) is 17.8 Å². The molecule has 118 valence electrons. The second-order valence-corrected chi connectivity index (χ2v) is 8.34. The molecule has 0 aromatic heterocycles. The van der Waals surface area contributed by atoms with E-state index in [1.807, 2.05) is 0 Å². The average Bonchev–Trinajstić information content (AvgIpc) is 3.10. The smallest absolute Gasteiger partial charge is 0.242 e. The van der Waals surface area contributed by atoms with Crippen molar-refractivity contribution in [3.05, 3.63) is 36.4 Å². The van der Waals surface area contributed by atoms with Gasteiger partial charge >= 0.3 is 0 Å². The molecule has 0 radical (unpaired) electrons. The Morgan fingerprint density at radius 1 is 1.14 bits per heavy atom. The number of rotatable bonds is 4. The van der Waals surface area contributed by atoms with Crippen LogP contribution in [0.25, 0.3) is 0 Å². The zero-order valence-corrected chi connectivity index (χ0v) is 13.5.